The lowest BCUT2D eigenvalue weighted by Crippen LogP contribution is -2.32. The lowest BCUT2D eigenvalue weighted by molar-refractivity contribution is -0.0102. The molecule has 1 aliphatic carbocycles. The average molecular weight is 215 g/mol. The summed E-state index contributed by atoms with van der Waals surface area (Å²) >= 11 is 0. The van der Waals surface area contributed by atoms with Crippen LogP contribution in [-0.2, 0) is 4.74 Å². The van der Waals surface area contributed by atoms with Crippen LogP contribution in [0.2, 0.25) is 0 Å². The van der Waals surface area contributed by atoms with Gasteiger partial charge in [0.05, 0.1) is 12.7 Å². The van der Waals surface area contributed by atoms with E-state index in [9.17, 15) is 0 Å². The van der Waals surface area contributed by atoms with Crippen molar-refractivity contribution in [2.75, 3.05) is 20.3 Å². The second kappa shape index (κ2) is 7.20. The smallest absolute Gasteiger partial charge is 0.0600 e. The molecule has 2 N–H and O–H groups in total. The maximum absolute atomic E-state index is 9.00. The third-order valence-corrected chi connectivity index (χ3v) is 3.46. The van der Waals surface area contributed by atoms with Crippen molar-refractivity contribution >= 4 is 0 Å². The zero-order valence-corrected chi connectivity index (χ0v) is 10.0. The Hall–Kier alpha value is -0.120. The van der Waals surface area contributed by atoms with Gasteiger partial charge in [0, 0.05) is 12.6 Å². The van der Waals surface area contributed by atoms with Gasteiger partial charge in [-0.1, -0.05) is 19.8 Å². The molecule has 0 aromatic carbocycles. The van der Waals surface area contributed by atoms with E-state index in [-0.39, 0.29) is 12.6 Å². The van der Waals surface area contributed by atoms with E-state index in [4.69, 9.17) is 9.84 Å². The molecule has 0 heterocycles. The minimum absolute atomic E-state index is 0.184. The molecule has 90 valence electrons. The number of hydrogen-bond acceptors (Lipinski definition) is 3. The molecule has 3 unspecified atom stereocenters. The summed E-state index contributed by atoms with van der Waals surface area (Å²) in [6.45, 7) is 3.24. The number of aliphatic hydroxyl groups is 1. The van der Waals surface area contributed by atoms with Crippen LogP contribution in [0.3, 0.4) is 0 Å². The molecular formula is C12H25NO2. The third kappa shape index (κ3) is 4.49. The van der Waals surface area contributed by atoms with Gasteiger partial charge in [0.2, 0.25) is 0 Å². The van der Waals surface area contributed by atoms with Crippen LogP contribution in [0.4, 0.5) is 0 Å². The summed E-state index contributed by atoms with van der Waals surface area (Å²) in [6.07, 6.45) is 6.54. The van der Waals surface area contributed by atoms with Crippen LogP contribution in [0, 0.1) is 5.92 Å². The van der Waals surface area contributed by atoms with Crippen molar-refractivity contribution in [3.05, 3.63) is 0 Å². The van der Waals surface area contributed by atoms with E-state index in [1.165, 1.54) is 25.7 Å². The fraction of sp³-hybridized carbons (Fsp3) is 1.00. The van der Waals surface area contributed by atoms with Gasteiger partial charge in [-0.2, -0.15) is 0 Å². The first kappa shape index (κ1) is 12.9. The molecule has 1 saturated carbocycles. The van der Waals surface area contributed by atoms with Gasteiger partial charge in [-0.15, -0.1) is 0 Å². The Balaban J connectivity index is 2.12. The molecule has 3 heteroatoms. The summed E-state index contributed by atoms with van der Waals surface area (Å²) in [4.78, 5) is 0. The molecule has 0 spiro atoms. The minimum atomic E-state index is 0.184. The summed E-state index contributed by atoms with van der Waals surface area (Å²) in [5, 5.41) is 12.1. The van der Waals surface area contributed by atoms with E-state index in [0.717, 1.165) is 13.0 Å². The number of ether oxygens (including phenoxy) is 1. The normalized spacial score (nSPS) is 29.0. The molecule has 1 aliphatic rings. The largest absolute Gasteiger partial charge is 0.395 e. The number of nitrogens with one attached hydrogen (secondary N) is 1. The Morgan fingerprint density at radius 2 is 2.13 bits per heavy atom. The maximum Gasteiger partial charge on any atom is 0.0600 e. The molecule has 1 fully saturated rings. The van der Waals surface area contributed by atoms with E-state index in [1.807, 2.05) is 7.05 Å². The van der Waals surface area contributed by atoms with Gasteiger partial charge in [-0.05, 0) is 32.2 Å². The summed E-state index contributed by atoms with van der Waals surface area (Å²) in [5.74, 6) is 0.709. The third-order valence-electron chi connectivity index (χ3n) is 3.46. The molecule has 15 heavy (non-hydrogen) atoms. The van der Waals surface area contributed by atoms with Gasteiger partial charge in [0.25, 0.3) is 0 Å². The summed E-state index contributed by atoms with van der Waals surface area (Å²) in [6, 6.07) is 0.184. The first-order valence-electron chi connectivity index (χ1n) is 6.17. The van der Waals surface area contributed by atoms with E-state index in [1.54, 1.807) is 0 Å². The first-order valence-corrected chi connectivity index (χ1v) is 6.17. The topological polar surface area (TPSA) is 41.5 Å². The highest BCUT2D eigenvalue weighted by atomic mass is 16.5. The quantitative estimate of drug-likeness (QED) is 0.706. The van der Waals surface area contributed by atoms with Crippen LogP contribution in [0.15, 0.2) is 0 Å². The molecule has 0 amide bonds. The van der Waals surface area contributed by atoms with Crippen LogP contribution in [0.1, 0.15) is 39.0 Å². The molecule has 0 saturated heterocycles. The number of rotatable bonds is 6. The van der Waals surface area contributed by atoms with Crippen LogP contribution in [0.25, 0.3) is 0 Å². The average Bonchev–Trinajstić information content (AvgIpc) is 2.27. The second-order valence-corrected chi connectivity index (χ2v) is 4.63. The van der Waals surface area contributed by atoms with Crippen LogP contribution in [0.5, 0.6) is 0 Å². The number of likely N-dealkylation sites (N-methyl/N-ethyl adjacent to an activating group) is 1. The number of hydrogen-bond donors (Lipinski definition) is 2. The Morgan fingerprint density at radius 1 is 1.40 bits per heavy atom. The molecule has 0 aromatic rings. The molecule has 0 bridgehead atoms. The van der Waals surface area contributed by atoms with Crippen LogP contribution in [-0.4, -0.2) is 37.5 Å². The van der Waals surface area contributed by atoms with Gasteiger partial charge in [-0.25, -0.2) is 0 Å². The fourth-order valence-corrected chi connectivity index (χ4v) is 2.22. The Bertz CT molecular complexity index is 160. The van der Waals surface area contributed by atoms with Gasteiger partial charge in [-0.3, -0.25) is 0 Å². The summed E-state index contributed by atoms with van der Waals surface area (Å²) < 4.78 is 5.88. The Kier molecular flexibility index (Phi) is 6.22. The van der Waals surface area contributed by atoms with Crippen molar-refractivity contribution in [3.63, 3.8) is 0 Å². The highest BCUT2D eigenvalue weighted by molar-refractivity contribution is 4.73. The SMILES string of the molecule is CNC(CO)CCOC1CCCCC1C. The van der Waals surface area contributed by atoms with Crippen molar-refractivity contribution in [1.29, 1.82) is 0 Å². The molecule has 1 rings (SSSR count). The summed E-state index contributed by atoms with van der Waals surface area (Å²) in [5.41, 5.74) is 0. The minimum Gasteiger partial charge on any atom is -0.395 e. The molecule has 3 atom stereocenters. The van der Waals surface area contributed by atoms with Gasteiger partial charge in [0.15, 0.2) is 0 Å². The van der Waals surface area contributed by atoms with Crippen molar-refractivity contribution < 1.29 is 9.84 Å². The van der Waals surface area contributed by atoms with Gasteiger partial charge in [0.1, 0.15) is 0 Å². The van der Waals surface area contributed by atoms with E-state index >= 15 is 0 Å². The zero-order chi connectivity index (χ0) is 11.1. The Labute approximate surface area is 93.2 Å². The lowest BCUT2D eigenvalue weighted by Gasteiger charge is -2.29. The molecule has 0 aromatic heterocycles. The van der Waals surface area contributed by atoms with Crippen LogP contribution >= 0.6 is 0 Å². The molecule has 0 aliphatic heterocycles. The summed E-state index contributed by atoms with van der Waals surface area (Å²) in [7, 11) is 1.88. The lowest BCUT2D eigenvalue weighted by atomic mass is 9.88. The first-order chi connectivity index (χ1) is 7.27. The van der Waals surface area contributed by atoms with Crippen molar-refractivity contribution in [2.24, 2.45) is 5.92 Å². The van der Waals surface area contributed by atoms with Gasteiger partial charge < -0.3 is 15.2 Å². The predicted molar refractivity (Wildman–Crippen MR) is 61.9 cm³/mol. The zero-order valence-electron chi connectivity index (χ0n) is 10.0. The highest BCUT2D eigenvalue weighted by Crippen LogP contribution is 2.26. The van der Waals surface area contributed by atoms with Crippen molar-refractivity contribution in [1.82, 2.24) is 5.32 Å². The predicted octanol–water partition coefficient (Wildman–Crippen LogP) is 1.55. The van der Waals surface area contributed by atoms with Gasteiger partial charge >= 0.3 is 0 Å². The Morgan fingerprint density at radius 3 is 2.73 bits per heavy atom. The highest BCUT2D eigenvalue weighted by Gasteiger charge is 2.21. The standard InChI is InChI=1S/C12H25NO2/c1-10-5-3-4-6-12(10)15-8-7-11(9-14)13-2/h10-14H,3-9H2,1-2H3. The second-order valence-electron chi connectivity index (χ2n) is 4.63. The van der Waals surface area contributed by atoms with E-state index < -0.39 is 0 Å². The number of aliphatic hydroxyl groups excluding tert-OH is 1. The molecular weight excluding hydrogens is 190 g/mol. The molecule has 3 nitrogen and oxygen atoms in total. The van der Waals surface area contributed by atoms with Crippen LogP contribution < -0.4 is 5.32 Å². The molecule has 0 radical (unpaired) electrons. The fourth-order valence-electron chi connectivity index (χ4n) is 2.22. The monoisotopic (exact) mass is 215 g/mol. The maximum atomic E-state index is 9.00. The van der Waals surface area contributed by atoms with E-state index in [0.29, 0.717) is 12.0 Å². The van der Waals surface area contributed by atoms with E-state index in [2.05, 4.69) is 12.2 Å². The van der Waals surface area contributed by atoms with Crippen molar-refractivity contribution in [2.45, 2.75) is 51.2 Å². The van der Waals surface area contributed by atoms with Crippen molar-refractivity contribution in [3.8, 4) is 0 Å².